The second kappa shape index (κ2) is 9.03. The zero-order chi connectivity index (χ0) is 26.1. The highest BCUT2D eigenvalue weighted by Gasteiger charge is 2.66. The molecule has 2 saturated heterocycles. The molecule has 5 rings (SSSR count). The highest BCUT2D eigenvalue weighted by molar-refractivity contribution is 9.10. The molecule has 2 fully saturated rings. The fourth-order valence-corrected chi connectivity index (χ4v) is 6.87. The van der Waals surface area contributed by atoms with Crippen LogP contribution in [0.15, 0.2) is 16.6 Å². The Morgan fingerprint density at radius 2 is 1.92 bits per heavy atom. The third-order valence-electron chi connectivity index (χ3n) is 8.04. The minimum Gasteiger partial charge on any atom is -0.495 e. The summed E-state index contributed by atoms with van der Waals surface area (Å²) in [6.07, 6.45) is 1.17. The number of aryl methyl sites for hydroxylation is 1. The van der Waals surface area contributed by atoms with Crippen LogP contribution in [-0.4, -0.2) is 61.8 Å². The van der Waals surface area contributed by atoms with Gasteiger partial charge in [0.2, 0.25) is 5.91 Å². The van der Waals surface area contributed by atoms with E-state index >= 15 is 0 Å². The highest BCUT2D eigenvalue weighted by atomic mass is 79.9. The molecule has 0 unspecified atom stereocenters. The molecular formula is C27H36BrN3O5. The number of hydrogen-bond acceptors (Lipinski definition) is 5. The fraction of sp³-hybridized carbons (Fsp3) is 0.630. The molecule has 0 aliphatic carbocycles. The molecule has 4 atom stereocenters. The normalized spacial score (nSPS) is 27.8. The lowest BCUT2D eigenvalue weighted by Crippen LogP contribution is -2.74. The Labute approximate surface area is 220 Å². The molecule has 1 aromatic heterocycles. The second-order valence-corrected chi connectivity index (χ2v) is 12.1. The van der Waals surface area contributed by atoms with Gasteiger partial charge in [-0.25, -0.2) is 0 Å². The lowest BCUT2D eigenvalue weighted by atomic mass is 9.80. The van der Waals surface area contributed by atoms with Crippen molar-refractivity contribution < 1.29 is 24.5 Å². The molecule has 0 saturated carbocycles. The fourth-order valence-electron chi connectivity index (χ4n) is 6.36. The second-order valence-electron chi connectivity index (χ2n) is 11.3. The molecule has 3 aliphatic heterocycles. The quantitative estimate of drug-likeness (QED) is 0.553. The first-order chi connectivity index (χ1) is 17.0. The predicted octanol–water partition coefficient (Wildman–Crippen LogP) is 4.11. The number of aromatic nitrogens is 1. The van der Waals surface area contributed by atoms with Crippen molar-refractivity contribution in [3.05, 3.63) is 27.9 Å². The van der Waals surface area contributed by atoms with Gasteiger partial charge in [0.1, 0.15) is 17.9 Å². The summed E-state index contributed by atoms with van der Waals surface area (Å²) in [5.41, 5.74) is -0.143. The summed E-state index contributed by atoms with van der Waals surface area (Å²) in [6.45, 7) is 9.56. The average Bonchev–Trinajstić information content (AvgIpc) is 3.42. The number of aliphatic hydroxyl groups is 2. The number of piperazine rings is 1. The molecule has 4 heterocycles. The molecule has 3 aliphatic rings. The smallest absolute Gasteiger partial charge is 0.279 e. The number of rotatable bonds is 6. The van der Waals surface area contributed by atoms with Gasteiger partial charge < -0.3 is 24.4 Å². The van der Waals surface area contributed by atoms with Crippen LogP contribution in [0.25, 0.3) is 10.9 Å². The number of nitrogens with zero attached hydrogens (tertiary/aromatic N) is 3. The van der Waals surface area contributed by atoms with Crippen molar-refractivity contribution in [2.75, 3.05) is 13.7 Å². The Kier molecular flexibility index (Phi) is 6.41. The number of amides is 2. The van der Waals surface area contributed by atoms with Crippen molar-refractivity contribution >= 4 is 38.6 Å². The molecule has 1 aromatic carbocycles. The van der Waals surface area contributed by atoms with E-state index in [0.717, 1.165) is 23.0 Å². The SMILES string of the molecule is COc1cc2c(cc1Br)c1c(n2CCC(C)C)[C@H](CC(C)C)N2C(=O)[C@@H]3CCCN3C(=O)[C@]2(O)[C@@H]1O. The van der Waals surface area contributed by atoms with Crippen LogP contribution in [0.5, 0.6) is 5.75 Å². The maximum atomic E-state index is 13.9. The number of methoxy groups -OCH3 is 1. The lowest BCUT2D eigenvalue weighted by molar-refractivity contribution is -0.233. The van der Waals surface area contributed by atoms with Gasteiger partial charge in [0.05, 0.1) is 23.1 Å². The van der Waals surface area contributed by atoms with Gasteiger partial charge in [0.25, 0.3) is 11.6 Å². The van der Waals surface area contributed by atoms with Crippen LogP contribution in [0, 0.1) is 11.8 Å². The first-order valence-corrected chi connectivity index (χ1v) is 13.8. The molecule has 0 bridgehead atoms. The summed E-state index contributed by atoms with van der Waals surface area (Å²) >= 11 is 3.57. The van der Waals surface area contributed by atoms with Gasteiger partial charge in [-0.15, -0.1) is 0 Å². The monoisotopic (exact) mass is 561 g/mol. The minimum atomic E-state index is -2.34. The first kappa shape index (κ1) is 25.5. The van der Waals surface area contributed by atoms with E-state index in [2.05, 4.69) is 48.2 Å². The minimum absolute atomic E-state index is 0.185. The van der Waals surface area contributed by atoms with Crippen molar-refractivity contribution in [2.45, 2.75) is 83.8 Å². The van der Waals surface area contributed by atoms with E-state index in [-0.39, 0.29) is 11.8 Å². The van der Waals surface area contributed by atoms with E-state index in [1.807, 2.05) is 12.1 Å². The predicted molar refractivity (Wildman–Crippen MR) is 139 cm³/mol. The van der Waals surface area contributed by atoms with Gasteiger partial charge >= 0.3 is 0 Å². The molecule has 2 amide bonds. The van der Waals surface area contributed by atoms with Crippen LogP contribution in [0.3, 0.4) is 0 Å². The first-order valence-electron chi connectivity index (χ1n) is 13.0. The van der Waals surface area contributed by atoms with Crippen molar-refractivity contribution in [2.24, 2.45) is 11.8 Å². The number of hydrogen-bond donors (Lipinski definition) is 2. The van der Waals surface area contributed by atoms with Crippen molar-refractivity contribution in [3.63, 3.8) is 0 Å². The van der Waals surface area contributed by atoms with Crippen LogP contribution >= 0.6 is 15.9 Å². The zero-order valence-corrected chi connectivity index (χ0v) is 23.2. The topological polar surface area (TPSA) is 95.2 Å². The molecule has 36 heavy (non-hydrogen) atoms. The van der Waals surface area contributed by atoms with Gasteiger partial charge in [0, 0.05) is 35.8 Å². The van der Waals surface area contributed by atoms with Gasteiger partial charge in [-0.3, -0.25) is 14.5 Å². The number of halogens is 1. The van der Waals surface area contributed by atoms with Crippen LogP contribution in [0.2, 0.25) is 0 Å². The summed E-state index contributed by atoms with van der Waals surface area (Å²) in [4.78, 5) is 30.5. The van der Waals surface area contributed by atoms with Crippen LogP contribution in [0.4, 0.5) is 0 Å². The van der Waals surface area contributed by atoms with E-state index < -0.39 is 29.8 Å². The maximum absolute atomic E-state index is 13.9. The van der Waals surface area contributed by atoms with Crippen molar-refractivity contribution in [1.82, 2.24) is 14.4 Å². The Bertz CT molecular complexity index is 1220. The van der Waals surface area contributed by atoms with E-state index in [4.69, 9.17) is 4.74 Å². The van der Waals surface area contributed by atoms with Gasteiger partial charge in [-0.05, 0) is 59.5 Å². The summed E-state index contributed by atoms with van der Waals surface area (Å²) in [7, 11) is 1.61. The highest BCUT2D eigenvalue weighted by Crippen LogP contribution is 2.54. The summed E-state index contributed by atoms with van der Waals surface area (Å²) < 4.78 is 8.48. The summed E-state index contributed by atoms with van der Waals surface area (Å²) in [6, 6.07) is 2.70. The van der Waals surface area contributed by atoms with Crippen LogP contribution in [-0.2, 0) is 16.1 Å². The Morgan fingerprint density at radius 3 is 2.56 bits per heavy atom. The Balaban J connectivity index is 1.83. The maximum Gasteiger partial charge on any atom is 0.279 e. The van der Waals surface area contributed by atoms with E-state index in [1.54, 1.807) is 7.11 Å². The molecule has 196 valence electrons. The van der Waals surface area contributed by atoms with Crippen molar-refractivity contribution in [3.8, 4) is 5.75 Å². The van der Waals surface area contributed by atoms with E-state index in [9.17, 15) is 19.8 Å². The number of aliphatic hydroxyl groups excluding tert-OH is 1. The molecule has 9 heteroatoms. The number of carbonyl (C=O) groups excluding carboxylic acids is 2. The number of benzene rings is 1. The number of ether oxygens (including phenoxy) is 1. The summed E-state index contributed by atoms with van der Waals surface area (Å²) in [5, 5.41) is 24.6. The summed E-state index contributed by atoms with van der Waals surface area (Å²) in [5.74, 6) is 0.429. The molecule has 0 radical (unpaired) electrons. The van der Waals surface area contributed by atoms with Crippen LogP contribution in [0.1, 0.15) is 76.8 Å². The average molecular weight is 563 g/mol. The molecular weight excluding hydrogens is 526 g/mol. The van der Waals surface area contributed by atoms with E-state index in [1.165, 1.54) is 9.80 Å². The largest absolute Gasteiger partial charge is 0.495 e. The van der Waals surface area contributed by atoms with E-state index in [0.29, 0.717) is 54.1 Å². The Hall–Kier alpha value is -2.10. The van der Waals surface area contributed by atoms with Crippen LogP contribution < -0.4 is 4.74 Å². The third kappa shape index (κ3) is 3.53. The lowest BCUT2D eigenvalue weighted by Gasteiger charge is -2.55. The van der Waals surface area contributed by atoms with Gasteiger partial charge in [-0.1, -0.05) is 27.7 Å². The molecule has 2 aromatic rings. The number of carbonyl (C=O) groups is 2. The molecule has 2 N–H and O–H groups in total. The number of fused-ring (bicyclic) bond motifs is 5. The van der Waals surface area contributed by atoms with Gasteiger partial charge in [0.15, 0.2) is 0 Å². The van der Waals surface area contributed by atoms with Crippen molar-refractivity contribution in [1.29, 1.82) is 0 Å². The standard InChI is InChI=1S/C27H36BrN3O5/c1-14(2)8-10-29-19-13-21(36-5)17(28)12-16(19)22-23(29)20(11-15(3)4)31-25(33)18-7-6-9-30(18)26(34)27(31,35)24(22)32/h12-15,18,20,24,32,35H,6-11H2,1-5H3/t18-,20-,24+,27+/m0/s1. The third-order valence-corrected chi connectivity index (χ3v) is 8.66. The molecule has 0 spiro atoms. The van der Waals surface area contributed by atoms with Gasteiger partial charge in [-0.2, -0.15) is 0 Å². The Morgan fingerprint density at radius 1 is 1.19 bits per heavy atom. The molecule has 8 nitrogen and oxygen atoms in total. The zero-order valence-electron chi connectivity index (χ0n) is 21.6.